The molecule has 1 unspecified atom stereocenters. The maximum atomic E-state index is 17.5. The van der Waals surface area contributed by atoms with Crippen LogP contribution < -0.4 is 14.8 Å². The van der Waals surface area contributed by atoms with Crippen LogP contribution in [0.4, 0.5) is 10.1 Å². The van der Waals surface area contributed by atoms with Gasteiger partial charge in [-0.05, 0) is 79.9 Å². The van der Waals surface area contributed by atoms with Crippen molar-refractivity contribution in [3.8, 4) is 34.1 Å². The normalized spacial score (nSPS) is 12.3. The van der Waals surface area contributed by atoms with Crippen LogP contribution in [0.2, 0.25) is 0 Å². The molecule has 2 heterocycles. The van der Waals surface area contributed by atoms with Crippen molar-refractivity contribution in [3.05, 3.63) is 198 Å². The van der Waals surface area contributed by atoms with Crippen molar-refractivity contribution in [2.75, 3.05) is 18.2 Å². The molecule has 0 aliphatic heterocycles. The third kappa shape index (κ3) is 8.33. The van der Waals surface area contributed by atoms with Crippen LogP contribution in [0.25, 0.3) is 22.6 Å². The van der Waals surface area contributed by atoms with E-state index in [0.29, 0.717) is 46.8 Å². The summed E-state index contributed by atoms with van der Waals surface area (Å²) in [7, 11) is -3.59. The highest BCUT2D eigenvalue weighted by Crippen LogP contribution is 2.46. The summed E-state index contributed by atoms with van der Waals surface area (Å²) in [5.41, 5.74) is 4.17. The lowest BCUT2D eigenvalue weighted by Gasteiger charge is -2.39. The van der Waals surface area contributed by atoms with Crippen molar-refractivity contribution < 1.29 is 26.8 Å². The topological polar surface area (TPSA) is 121 Å². The molecule has 0 bridgehead atoms. The molecule has 2 aromatic heterocycles. The first-order chi connectivity index (χ1) is 29.9. The average Bonchev–Trinajstić information content (AvgIpc) is 3.92. The summed E-state index contributed by atoms with van der Waals surface area (Å²) in [5, 5.41) is 7.75. The third-order valence-corrected chi connectivity index (χ3v) is 11.6. The Hall–Kier alpha value is -7.05. The second-order valence-corrected chi connectivity index (χ2v) is 17.2. The van der Waals surface area contributed by atoms with E-state index in [0.717, 1.165) is 22.3 Å². The van der Waals surface area contributed by atoms with Gasteiger partial charge in [-0.25, -0.2) is 17.8 Å². The van der Waals surface area contributed by atoms with Gasteiger partial charge in [-0.1, -0.05) is 108 Å². The summed E-state index contributed by atoms with van der Waals surface area (Å²) in [6.07, 6.45) is 2.76. The number of aromatic nitrogens is 4. The van der Waals surface area contributed by atoms with Crippen LogP contribution in [-0.2, 0) is 15.4 Å². The average molecular weight is 848 g/mol. The van der Waals surface area contributed by atoms with E-state index in [9.17, 15) is 8.42 Å². The first-order valence-electron chi connectivity index (χ1n) is 20.3. The van der Waals surface area contributed by atoms with Gasteiger partial charge in [0.25, 0.3) is 0 Å². The highest BCUT2D eigenvalue weighted by molar-refractivity contribution is 7.90. The van der Waals surface area contributed by atoms with Gasteiger partial charge in [-0.2, -0.15) is 4.98 Å². The van der Waals surface area contributed by atoms with Crippen molar-refractivity contribution in [2.45, 2.75) is 50.3 Å². The minimum atomic E-state index is -3.59. The molecule has 0 spiro atoms. The van der Waals surface area contributed by atoms with E-state index in [4.69, 9.17) is 19.0 Å². The molecule has 1 N–H and O–H groups in total. The lowest BCUT2D eigenvalue weighted by atomic mass is 9.76. The van der Waals surface area contributed by atoms with Crippen LogP contribution in [-0.4, -0.2) is 47.1 Å². The van der Waals surface area contributed by atoms with E-state index < -0.39 is 27.2 Å². The van der Waals surface area contributed by atoms with Gasteiger partial charge in [0.2, 0.25) is 11.7 Å². The SMILES string of the molecule is CCOc1cc(OC(C)C)c(F)c(C(Nc2ccc(-c3noc(C)n3)cc2)c2nc(-c3cccc(S(C)(=O)=O)c3)cn2C(c2ccccc2)(c2ccccc2)c2ccccc2)c1. The highest BCUT2D eigenvalue weighted by Gasteiger charge is 2.42. The second kappa shape index (κ2) is 17.5. The molecule has 0 aliphatic carbocycles. The fraction of sp³-hybridized carbons (Fsp3) is 0.180. The number of rotatable bonds is 15. The van der Waals surface area contributed by atoms with E-state index in [1.165, 1.54) is 6.26 Å². The molecular weight excluding hydrogens is 802 g/mol. The van der Waals surface area contributed by atoms with Gasteiger partial charge in [-0.3, -0.25) is 0 Å². The Morgan fingerprint density at radius 3 is 1.92 bits per heavy atom. The number of imidazole rings is 1. The van der Waals surface area contributed by atoms with Crippen molar-refractivity contribution in [1.82, 2.24) is 19.7 Å². The molecule has 0 radical (unpaired) electrons. The number of hydrogen-bond acceptors (Lipinski definition) is 9. The number of anilines is 1. The quantitative estimate of drug-likeness (QED) is 0.101. The molecule has 12 heteroatoms. The molecule has 0 aliphatic rings. The van der Waals surface area contributed by atoms with Gasteiger partial charge in [0.15, 0.2) is 21.4 Å². The van der Waals surface area contributed by atoms with Crippen molar-refractivity contribution >= 4 is 15.5 Å². The molecule has 0 saturated carbocycles. The van der Waals surface area contributed by atoms with Gasteiger partial charge in [0, 0.05) is 47.8 Å². The predicted octanol–water partition coefficient (Wildman–Crippen LogP) is 10.7. The van der Waals surface area contributed by atoms with Gasteiger partial charge < -0.3 is 23.9 Å². The Bertz CT molecular complexity index is 2810. The smallest absolute Gasteiger partial charge is 0.223 e. The number of nitrogens with zero attached hydrogens (tertiary/aromatic N) is 4. The molecule has 0 fully saturated rings. The molecule has 0 amide bonds. The number of sulfone groups is 1. The number of halogens is 1. The molecule has 8 rings (SSSR count). The summed E-state index contributed by atoms with van der Waals surface area (Å²) >= 11 is 0. The number of benzene rings is 6. The van der Waals surface area contributed by atoms with Crippen molar-refractivity contribution in [2.24, 2.45) is 0 Å². The number of hydrogen-bond donors (Lipinski definition) is 1. The summed E-state index contributed by atoms with van der Waals surface area (Å²) in [6, 6.07) is 46.7. The molecule has 6 aromatic carbocycles. The number of nitrogens with one attached hydrogen (secondary N) is 1. The molecule has 8 aromatic rings. The van der Waals surface area contributed by atoms with Crippen LogP contribution in [0.3, 0.4) is 0 Å². The monoisotopic (exact) mass is 847 g/mol. The second-order valence-electron chi connectivity index (χ2n) is 15.2. The van der Waals surface area contributed by atoms with Gasteiger partial charge in [0.05, 0.1) is 23.3 Å². The van der Waals surface area contributed by atoms with Crippen LogP contribution in [0, 0.1) is 12.7 Å². The van der Waals surface area contributed by atoms with E-state index in [1.807, 2.05) is 112 Å². The maximum absolute atomic E-state index is 17.5. The zero-order valence-corrected chi connectivity index (χ0v) is 35.8. The predicted molar refractivity (Wildman–Crippen MR) is 239 cm³/mol. The maximum Gasteiger partial charge on any atom is 0.223 e. The highest BCUT2D eigenvalue weighted by atomic mass is 32.2. The van der Waals surface area contributed by atoms with Gasteiger partial charge in [-0.15, -0.1) is 0 Å². The van der Waals surface area contributed by atoms with Crippen LogP contribution in [0.5, 0.6) is 11.5 Å². The summed E-state index contributed by atoms with van der Waals surface area (Å²) in [6.45, 7) is 7.61. The van der Waals surface area contributed by atoms with Crippen LogP contribution in [0.1, 0.15) is 60.8 Å². The Morgan fingerprint density at radius 1 is 0.774 bits per heavy atom. The molecule has 1 atom stereocenters. The molecule has 314 valence electrons. The standard InChI is InChI=1S/C50H46FN5O5S/c1-6-59-41-30-43(46(51)45(31-41)60-33(2)3)47(53-40-27-25-35(26-28-40)48-52-34(4)61-55-48)49-54-44(36-17-16-24-42(29-36)62(5,57)58)32-56(49)50(37-18-10-7-11-19-37,38-20-12-8-13-21-38)39-22-14-9-15-23-39/h7-33,47,53H,6H2,1-5H3. The summed E-state index contributed by atoms with van der Waals surface area (Å²) < 4.78 is 62.9. The third-order valence-electron chi connectivity index (χ3n) is 10.5. The van der Waals surface area contributed by atoms with Crippen LogP contribution >= 0.6 is 0 Å². The van der Waals surface area contributed by atoms with Crippen molar-refractivity contribution in [3.63, 3.8) is 0 Å². The Kier molecular flexibility index (Phi) is 11.8. The van der Waals surface area contributed by atoms with E-state index in [-0.39, 0.29) is 22.3 Å². The van der Waals surface area contributed by atoms with Gasteiger partial charge >= 0.3 is 0 Å². The Labute approximate surface area is 361 Å². The largest absolute Gasteiger partial charge is 0.494 e. The lowest BCUT2D eigenvalue weighted by molar-refractivity contribution is 0.228. The molecule has 0 saturated heterocycles. The first kappa shape index (κ1) is 41.7. The summed E-state index contributed by atoms with van der Waals surface area (Å²) in [4.78, 5) is 9.95. The summed E-state index contributed by atoms with van der Waals surface area (Å²) in [5.74, 6) is 1.12. The van der Waals surface area contributed by atoms with E-state index in [2.05, 4.69) is 56.4 Å². The fourth-order valence-electron chi connectivity index (χ4n) is 7.82. The number of ether oxygens (including phenoxy) is 2. The van der Waals surface area contributed by atoms with Crippen LogP contribution in [0.15, 0.2) is 167 Å². The first-order valence-corrected chi connectivity index (χ1v) is 22.2. The van der Waals surface area contributed by atoms with Gasteiger partial charge in [0.1, 0.15) is 23.2 Å². The minimum absolute atomic E-state index is 0.0233. The molecular formula is C50H46FN5O5S. The zero-order chi connectivity index (χ0) is 43.4. The van der Waals surface area contributed by atoms with Crippen molar-refractivity contribution in [1.29, 1.82) is 0 Å². The van der Waals surface area contributed by atoms with E-state index >= 15 is 4.39 Å². The zero-order valence-electron chi connectivity index (χ0n) is 35.0. The fourth-order valence-corrected chi connectivity index (χ4v) is 8.49. The molecule has 62 heavy (non-hydrogen) atoms. The van der Waals surface area contributed by atoms with E-state index in [1.54, 1.807) is 37.3 Å². The Morgan fingerprint density at radius 2 is 1.39 bits per heavy atom. The Balaban J connectivity index is 1.48. The minimum Gasteiger partial charge on any atom is -0.494 e. The lowest BCUT2D eigenvalue weighted by Crippen LogP contribution is -2.39. The molecule has 10 nitrogen and oxygen atoms in total. The number of aryl methyl sites for hydroxylation is 1.